The number of rotatable bonds is 6. The van der Waals surface area contributed by atoms with Crippen LogP contribution in [0.5, 0.6) is 0 Å². The van der Waals surface area contributed by atoms with Crippen molar-refractivity contribution >= 4 is 5.78 Å². The first-order valence-corrected chi connectivity index (χ1v) is 14.0. The van der Waals surface area contributed by atoms with E-state index in [4.69, 9.17) is 0 Å². The summed E-state index contributed by atoms with van der Waals surface area (Å²) in [5.41, 5.74) is 0.0799. The molecule has 33 heavy (non-hydrogen) atoms. The Morgan fingerprint density at radius 2 is 1.61 bits per heavy atom. The maximum Gasteiger partial charge on any atom is 0.136 e. The third kappa shape index (κ3) is 4.03. The Balaban J connectivity index is 1.54. The lowest BCUT2D eigenvalue weighted by Crippen LogP contribution is -2.57. The minimum absolute atomic E-state index is 0.0328. The van der Waals surface area contributed by atoms with Gasteiger partial charge < -0.3 is 10.2 Å². The molecule has 0 aromatic rings. The van der Waals surface area contributed by atoms with Crippen molar-refractivity contribution in [1.82, 2.24) is 0 Å². The maximum absolute atomic E-state index is 14.2. The lowest BCUT2D eigenvalue weighted by molar-refractivity contribution is -0.159. The van der Waals surface area contributed by atoms with Crippen LogP contribution in [0.3, 0.4) is 0 Å². The Bertz CT molecular complexity index is 724. The Morgan fingerprint density at radius 1 is 0.970 bits per heavy atom. The molecule has 3 nitrogen and oxygen atoms in total. The van der Waals surface area contributed by atoms with Crippen LogP contribution in [0, 0.1) is 58.2 Å². The predicted molar refractivity (Wildman–Crippen MR) is 130 cm³/mol. The van der Waals surface area contributed by atoms with Crippen LogP contribution >= 0.6 is 0 Å². The van der Waals surface area contributed by atoms with Gasteiger partial charge in [-0.15, -0.1) is 0 Å². The quantitative estimate of drug-likeness (QED) is 0.492. The number of fused-ring (bicyclic) bond motifs is 5. The second kappa shape index (κ2) is 9.19. The summed E-state index contributed by atoms with van der Waals surface area (Å²) >= 11 is 0. The third-order valence-electron chi connectivity index (χ3n) is 11.8. The summed E-state index contributed by atoms with van der Waals surface area (Å²) in [7, 11) is 0. The summed E-state index contributed by atoms with van der Waals surface area (Å²) in [6.07, 6.45) is 5.68. The molecule has 0 aromatic carbocycles. The van der Waals surface area contributed by atoms with Crippen molar-refractivity contribution in [3.8, 4) is 0 Å². The van der Waals surface area contributed by atoms with Gasteiger partial charge in [0, 0.05) is 12.3 Å². The van der Waals surface area contributed by atoms with E-state index in [2.05, 4.69) is 41.5 Å². The molecular weight excluding hydrogens is 415 g/mol. The van der Waals surface area contributed by atoms with Gasteiger partial charge in [-0.1, -0.05) is 48.0 Å². The Kier molecular flexibility index (Phi) is 7.13. The normalized spacial score (nSPS) is 46.8. The molecule has 0 amide bonds. The standard InChI is InChI=1S/C29H49FO3/c1-7-19(16(2)3)27(33)26(32)17(4)21-8-9-22-20-15-25(31)24-14-18(30)10-12-29(24,6)23(20)11-13-28(21,22)5/h16-24,26-27,32-33H,7-15H2,1-6H3/t17-,18-,19-,20-,21+,22-,23-,24+,26+,27+,28+,29+/m0/s1. The minimum Gasteiger partial charge on any atom is -0.390 e. The molecule has 2 N–H and O–H groups in total. The van der Waals surface area contributed by atoms with Gasteiger partial charge in [-0.3, -0.25) is 4.79 Å². The summed E-state index contributed by atoms with van der Waals surface area (Å²) in [6, 6.07) is 0. The van der Waals surface area contributed by atoms with Crippen molar-refractivity contribution in [2.45, 2.75) is 118 Å². The molecule has 0 heterocycles. The Hall–Kier alpha value is -0.480. The van der Waals surface area contributed by atoms with Crippen molar-refractivity contribution in [2.75, 3.05) is 0 Å². The molecule has 4 heteroatoms. The van der Waals surface area contributed by atoms with Crippen LogP contribution in [0.25, 0.3) is 0 Å². The van der Waals surface area contributed by atoms with Gasteiger partial charge in [0.2, 0.25) is 0 Å². The number of halogens is 1. The zero-order valence-corrected chi connectivity index (χ0v) is 21.9. The monoisotopic (exact) mass is 464 g/mol. The van der Waals surface area contributed by atoms with E-state index in [9.17, 15) is 19.4 Å². The van der Waals surface area contributed by atoms with Crippen LogP contribution in [-0.4, -0.2) is 34.4 Å². The van der Waals surface area contributed by atoms with Crippen LogP contribution in [0.15, 0.2) is 0 Å². The van der Waals surface area contributed by atoms with Crippen molar-refractivity contribution in [1.29, 1.82) is 0 Å². The van der Waals surface area contributed by atoms with E-state index in [0.717, 1.165) is 38.5 Å². The van der Waals surface area contributed by atoms with E-state index >= 15 is 0 Å². The number of carbonyl (C=O) groups excluding carboxylic acids is 1. The van der Waals surface area contributed by atoms with Crippen molar-refractivity contribution in [3.05, 3.63) is 0 Å². The molecule has 0 aromatic heterocycles. The lowest BCUT2D eigenvalue weighted by Gasteiger charge is -2.60. The molecule has 4 fully saturated rings. The van der Waals surface area contributed by atoms with E-state index in [1.54, 1.807) is 0 Å². The zero-order valence-electron chi connectivity index (χ0n) is 21.9. The fourth-order valence-corrected chi connectivity index (χ4v) is 9.81. The van der Waals surface area contributed by atoms with Gasteiger partial charge in [0.05, 0.1) is 12.2 Å². The van der Waals surface area contributed by atoms with Crippen molar-refractivity contribution in [2.24, 2.45) is 58.2 Å². The van der Waals surface area contributed by atoms with E-state index in [1.807, 2.05) is 0 Å². The SMILES string of the molecule is CC[C@@H](C(C)C)[C@@H](O)[C@H](O)[C@@H](C)[C@H]1CC[C@H]2[C@@H]3CC(=O)[C@H]4C[C@@H](F)CC[C@]4(C)[C@H]3CC[C@]12C. The van der Waals surface area contributed by atoms with Crippen LogP contribution in [0.2, 0.25) is 0 Å². The molecule has 0 saturated heterocycles. The van der Waals surface area contributed by atoms with Gasteiger partial charge in [0.25, 0.3) is 0 Å². The van der Waals surface area contributed by atoms with Crippen LogP contribution in [0.4, 0.5) is 4.39 Å². The highest BCUT2D eigenvalue weighted by molar-refractivity contribution is 5.83. The summed E-state index contributed by atoms with van der Waals surface area (Å²) < 4.78 is 14.2. The highest BCUT2D eigenvalue weighted by Gasteiger charge is 2.63. The average molecular weight is 465 g/mol. The van der Waals surface area contributed by atoms with E-state index < -0.39 is 18.4 Å². The largest absolute Gasteiger partial charge is 0.390 e. The van der Waals surface area contributed by atoms with Gasteiger partial charge in [0.15, 0.2) is 0 Å². The number of Topliss-reactive ketones (excluding diaryl/α,β-unsaturated/α-hetero) is 1. The molecule has 0 spiro atoms. The van der Waals surface area contributed by atoms with Crippen molar-refractivity contribution < 1.29 is 19.4 Å². The number of hydrogen-bond acceptors (Lipinski definition) is 3. The zero-order chi connectivity index (χ0) is 24.3. The molecule has 4 aliphatic carbocycles. The Morgan fingerprint density at radius 3 is 2.24 bits per heavy atom. The van der Waals surface area contributed by atoms with Gasteiger partial charge in [-0.25, -0.2) is 4.39 Å². The van der Waals surface area contributed by atoms with Crippen LogP contribution in [0.1, 0.15) is 99.3 Å². The second-order valence-electron chi connectivity index (χ2n) is 13.4. The van der Waals surface area contributed by atoms with Gasteiger partial charge in [-0.05, 0) is 97.2 Å². The fraction of sp³-hybridized carbons (Fsp3) is 0.966. The second-order valence-corrected chi connectivity index (χ2v) is 13.4. The van der Waals surface area contributed by atoms with Gasteiger partial charge in [0.1, 0.15) is 12.0 Å². The molecule has 0 bridgehead atoms. The number of aliphatic hydroxyl groups excluding tert-OH is 2. The smallest absolute Gasteiger partial charge is 0.136 e. The molecule has 4 saturated carbocycles. The molecule has 0 radical (unpaired) electrons. The van der Waals surface area contributed by atoms with Crippen molar-refractivity contribution in [3.63, 3.8) is 0 Å². The first-order chi connectivity index (χ1) is 15.5. The van der Waals surface area contributed by atoms with E-state index in [0.29, 0.717) is 54.6 Å². The average Bonchev–Trinajstić information content (AvgIpc) is 3.11. The maximum atomic E-state index is 14.2. The first-order valence-electron chi connectivity index (χ1n) is 14.0. The molecule has 0 aliphatic heterocycles. The highest BCUT2D eigenvalue weighted by atomic mass is 19.1. The summed E-state index contributed by atoms with van der Waals surface area (Å²) in [6.45, 7) is 13.2. The van der Waals surface area contributed by atoms with E-state index in [-0.39, 0.29) is 28.6 Å². The van der Waals surface area contributed by atoms with Crippen LogP contribution in [-0.2, 0) is 4.79 Å². The predicted octanol–water partition coefficient (Wildman–Crippen LogP) is 6.20. The molecule has 4 aliphatic rings. The summed E-state index contributed by atoms with van der Waals surface area (Å²) in [5, 5.41) is 22.3. The topological polar surface area (TPSA) is 57.5 Å². The molecule has 12 atom stereocenters. The molecule has 0 unspecified atom stereocenters. The summed E-state index contributed by atoms with van der Waals surface area (Å²) in [5.74, 6) is 2.56. The number of alkyl halides is 1. The number of ketones is 1. The first kappa shape index (κ1) is 25.6. The number of carbonyl (C=O) groups is 1. The number of aliphatic hydroxyl groups is 2. The Labute approximate surface area is 201 Å². The highest BCUT2D eigenvalue weighted by Crippen LogP contribution is 2.68. The molecular formula is C29H49FO3. The minimum atomic E-state index is -0.806. The van der Waals surface area contributed by atoms with Gasteiger partial charge in [-0.2, -0.15) is 0 Å². The third-order valence-corrected chi connectivity index (χ3v) is 11.8. The summed E-state index contributed by atoms with van der Waals surface area (Å²) in [4.78, 5) is 13.3. The molecule has 190 valence electrons. The van der Waals surface area contributed by atoms with Crippen LogP contribution < -0.4 is 0 Å². The fourth-order valence-electron chi connectivity index (χ4n) is 9.81. The van der Waals surface area contributed by atoms with E-state index in [1.165, 1.54) is 0 Å². The van der Waals surface area contributed by atoms with Gasteiger partial charge >= 0.3 is 0 Å². The molecule has 4 rings (SSSR count). The lowest BCUT2D eigenvalue weighted by atomic mass is 9.44. The number of hydrogen-bond donors (Lipinski definition) is 2.